The standard InChI is InChI=1S/C20H24N4O2/c1-14(2)18-12-16(22-26-18)17-6-5-11-24(17)20(25)9-8-15-13-23-10-4-3-7-19(23)21-15/h3-4,7,10,12-14,17H,5-6,8-9,11H2,1-2H3/t17-/m1/s1. The zero-order chi connectivity index (χ0) is 18.1. The van der Waals surface area contributed by atoms with E-state index in [0.717, 1.165) is 42.2 Å². The van der Waals surface area contributed by atoms with Gasteiger partial charge in [0.25, 0.3) is 0 Å². The van der Waals surface area contributed by atoms with Crippen LogP contribution in [0.1, 0.15) is 62.2 Å². The van der Waals surface area contributed by atoms with Crippen molar-refractivity contribution >= 4 is 11.6 Å². The Morgan fingerprint density at radius 3 is 3.04 bits per heavy atom. The first kappa shape index (κ1) is 16.8. The highest BCUT2D eigenvalue weighted by molar-refractivity contribution is 5.77. The molecule has 6 heteroatoms. The van der Waals surface area contributed by atoms with Crippen LogP contribution in [0.15, 0.2) is 41.2 Å². The van der Waals surface area contributed by atoms with Gasteiger partial charge in [-0.3, -0.25) is 4.79 Å². The topological polar surface area (TPSA) is 63.6 Å². The molecule has 1 atom stereocenters. The molecule has 1 amide bonds. The SMILES string of the molecule is CC(C)c1cc([C@H]2CCCN2C(=O)CCc2cn3ccccc3n2)no1. The molecule has 1 fully saturated rings. The molecule has 4 heterocycles. The van der Waals surface area contributed by atoms with Crippen molar-refractivity contribution in [2.24, 2.45) is 0 Å². The van der Waals surface area contributed by atoms with Crippen LogP contribution in [0.25, 0.3) is 5.65 Å². The van der Waals surface area contributed by atoms with E-state index in [0.29, 0.717) is 18.8 Å². The van der Waals surface area contributed by atoms with Gasteiger partial charge in [-0.1, -0.05) is 25.1 Å². The summed E-state index contributed by atoms with van der Waals surface area (Å²) in [6.45, 7) is 4.95. The maximum atomic E-state index is 12.8. The Labute approximate surface area is 152 Å². The number of carbonyl (C=O) groups excluding carboxylic acids is 1. The highest BCUT2D eigenvalue weighted by atomic mass is 16.5. The van der Waals surface area contributed by atoms with Gasteiger partial charge in [-0.05, 0) is 31.4 Å². The summed E-state index contributed by atoms with van der Waals surface area (Å²) in [5, 5.41) is 4.21. The summed E-state index contributed by atoms with van der Waals surface area (Å²) < 4.78 is 7.42. The zero-order valence-corrected chi connectivity index (χ0v) is 15.3. The summed E-state index contributed by atoms with van der Waals surface area (Å²) in [4.78, 5) is 19.3. The fourth-order valence-corrected chi connectivity index (χ4v) is 3.59. The number of nitrogens with zero attached hydrogens (tertiary/aromatic N) is 4. The second-order valence-corrected chi connectivity index (χ2v) is 7.25. The quantitative estimate of drug-likeness (QED) is 0.702. The number of imidazole rings is 1. The Morgan fingerprint density at radius 2 is 2.27 bits per heavy atom. The molecular formula is C20H24N4O2. The van der Waals surface area contributed by atoms with Crippen LogP contribution in [-0.2, 0) is 11.2 Å². The number of carbonyl (C=O) groups is 1. The van der Waals surface area contributed by atoms with Gasteiger partial charge in [-0.15, -0.1) is 0 Å². The van der Waals surface area contributed by atoms with E-state index in [1.165, 1.54) is 0 Å². The van der Waals surface area contributed by atoms with Crippen molar-refractivity contribution in [1.82, 2.24) is 19.4 Å². The van der Waals surface area contributed by atoms with E-state index in [-0.39, 0.29) is 11.9 Å². The fraction of sp³-hybridized carbons (Fsp3) is 0.450. The number of aryl methyl sites for hydroxylation is 1. The van der Waals surface area contributed by atoms with E-state index in [1.807, 2.05) is 46.0 Å². The van der Waals surface area contributed by atoms with Crippen LogP contribution in [0.4, 0.5) is 0 Å². The van der Waals surface area contributed by atoms with Crippen molar-refractivity contribution in [3.8, 4) is 0 Å². The average molecular weight is 352 g/mol. The van der Waals surface area contributed by atoms with Gasteiger partial charge in [0.15, 0.2) is 0 Å². The normalized spacial score (nSPS) is 17.5. The molecule has 26 heavy (non-hydrogen) atoms. The first-order valence-electron chi connectivity index (χ1n) is 9.30. The fourth-order valence-electron chi connectivity index (χ4n) is 3.59. The molecule has 1 saturated heterocycles. The Kier molecular flexibility index (Phi) is 4.49. The molecule has 0 spiro atoms. The van der Waals surface area contributed by atoms with Crippen molar-refractivity contribution in [2.45, 2.75) is 51.5 Å². The number of amides is 1. The van der Waals surface area contributed by atoms with Crippen LogP contribution in [0, 0.1) is 0 Å². The zero-order valence-electron chi connectivity index (χ0n) is 15.3. The number of rotatable bonds is 5. The van der Waals surface area contributed by atoms with Gasteiger partial charge >= 0.3 is 0 Å². The molecule has 0 unspecified atom stereocenters. The third-order valence-electron chi connectivity index (χ3n) is 5.04. The molecule has 0 bridgehead atoms. The van der Waals surface area contributed by atoms with Crippen molar-refractivity contribution in [2.75, 3.05) is 6.54 Å². The largest absolute Gasteiger partial charge is 0.361 e. The lowest BCUT2D eigenvalue weighted by molar-refractivity contribution is -0.132. The predicted molar refractivity (Wildman–Crippen MR) is 97.8 cm³/mol. The highest BCUT2D eigenvalue weighted by Crippen LogP contribution is 2.33. The van der Waals surface area contributed by atoms with Crippen LogP contribution in [-0.4, -0.2) is 31.9 Å². The monoisotopic (exact) mass is 352 g/mol. The average Bonchev–Trinajstić information content (AvgIpc) is 3.37. The third-order valence-corrected chi connectivity index (χ3v) is 5.04. The van der Waals surface area contributed by atoms with Gasteiger partial charge in [0, 0.05) is 37.3 Å². The second-order valence-electron chi connectivity index (χ2n) is 7.25. The Bertz CT molecular complexity index is 878. The molecule has 0 aliphatic carbocycles. The number of pyridine rings is 1. The number of likely N-dealkylation sites (tertiary alicyclic amines) is 1. The van der Waals surface area contributed by atoms with Crippen molar-refractivity contribution in [1.29, 1.82) is 0 Å². The molecule has 0 radical (unpaired) electrons. The number of hydrogen-bond donors (Lipinski definition) is 0. The predicted octanol–water partition coefficient (Wildman–Crippen LogP) is 3.74. The maximum Gasteiger partial charge on any atom is 0.223 e. The first-order valence-corrected chi connectivity index (χ1v) is 9.30. The third kappa shape index (κ3) is 3.23. The van der Waals surface area contributed by atoms with Gasteiger partial charge in [-0.25, -0.2) is 4.98 Å². The van der Waals surface area contributed by atoms with Gasteiger partial charge in [0.1, 0.15) is 17.1 Å². The molecule has 0 saturated carbocycles. The van der Waals surface area contributed by atoms with Crippen LogP contribution in [0.5, 0.6) is 0 Å². The van der Waals surface area contributed by atoms with E-state index < -0.39 is 0 Å². The summed E-state index contributed by atoms with van der Waals surface area (Å²) in [5.74, 6) is 1.35. The molecule has 0 aromatic carbocycles. The van der Waals surface area contributed by atoms with E-state index >= 15 is 0 Å². The van der Waals surface area contributed by atoms with Crippen LogP contribution < -0.4 is 0 Å². The summed E-state index contributed by atoms with van der Waals surface area (Å²) in [5.41, 5.74) is 2.74. The van der Waals surface area contributed by atoms with E-state index in [2.05, 4.69) is 24.0 Å². The lowest BCUT2D eigenvalue weighted by atomic mass is 10.1. The van der Waals surface area contributed by atoms with Crippen molar-refractivity contribution < 1.29 is 9.32 Å². The van der Waals surface area contributed by atoms with Crippen molar-refractivity contribution in [3.63, 3.8) is 0 Å². The lowest BCUT2D eigenvalue weighted by Crippen LogP contribution is -2.30. The van der Waals surface area contributed by atoms with E-state index in [4.69, 9.17) is 4.52 Å². The molecule has 1 aliphatic rings. The smallest absolute Gasteiger partial charge is 0.223 e. The summed E-state index contributed by atoms with van der Waals surface area (Å²) in [6, 6.07) is 7.96. The Hall–Kier alpha value is -2.63. The Morgan fingerprint density at radius 1 is 1.38 bits per heavy atom. The van der Waals surface area contributed by atoms with Crippen LogP contribution in [0.3, 0.4) is 0 Å². The minimum Gasteiger partial charge on any atom is -0.361 e. The van der Waals surface area contributed by atoms with E-state index in [9.17, 15) is 4.79 Å². The van der Waals surface area contributed by atoms with Gasteiger partial charge in [0.2, 0.25) is 5.91 Å². The van der Waals surface area contributed by atoms with E-state index in [1.54, 1.807) is 0 Å². The molecule has 1 aliphatic heterocycles. The minimum absolute atomic E-state index is 0.0415. The molecular weight excluding hydrogens is 328 g/mol. The van der Waals surface area contributed by atoms with Gasteiger partial charge < -0.3 is 13.8 Å². The van der Waals surface area contributed by atoms with Gasteiger partial charge in [-0.2, -0.15) is 0 Å². The number of hydrogen-bond acceptors (Lipinski definition) is 4. The molecule has 6 nitrogen and oxygen atoms in total. The molecule has 3 aromatic rings. The minimum atomic E-state index is 0.0415. The highest BCUT2D eigenvalue weighted by Gasteiger charge is 2.32. The number of fused-ring (bicyclic) bond motifs is 1. The van der Waals surface area contributed by atoms with Crippen molar-refractivity contribution in [3.05, 3.63) is 53.8 Å². The molecule has 3 aromatic heterocycles. The van der Waals surface area contributed by atoms with Gasteiger partial charge in [0.05, 0.1) is 11.7 Å². The number of aromatic nitrogens is 3. The second kappa shape index (κ2) is 6.94. The molecule has 0 N–H and O–H groups in total. The summed E-state index contributed by atoms with van der Waals surface area (Å²) >= 11 is 0. The molecule has 4 rings (SSSR count). The van der Waals surface area contributed by atoms with Crippen LogP contribution in [0.2, 0.25) is 0 Å². The Balaban J connectivity index is 1.42. The summed E-state index contributed by atoms with van der Waals surface area (Å²) in [6.07, 6.45) is 7.05. The van der Waals surface area contributed by atoms with Crippen LogP contribution >= 0.6 is 0 Å². The summed E-state index contributed by atoms with van der Waals surface area (Å²) in [7, 11) is 0. The first-order chi connectivity index (χ1) is 12.6. The maximum absolute atomic E-state index is 12.8. The molecule has 136 valence electrons. The lowest BCUT2D eigenvalue weighted by Gasteiger charge is -2.22.